The van der Waals surface area contributed by atoms with Crippen LogP contribution in [0, 0.1) is 13.8 Å². The molecule has 1 heterocycles. The zero-order valence-corrected chi connectivity index (χ0v) is 16.5. The van der Waals surface area contributed by atoms with E-state index in [4.69, 9.17) is 9.72 Å². The molecule has 28 heavy (non-hydrogen) atoms. The third-order valence-electron chi connectivity index (χ3n) is 4.52. The fourth-order valence-electron chi connectivity index (χ4n) is 2.96. The number of anilines is 1. The standard InChI is InChI=1S/C23H20N2O2S/c1-15-10-12-17(13-11-15)27-14-22(26)24-19-8-5-6-18(16(19)2)23-25-20-7-3-4-9-21(20)28-23/h3-13H,14H2,1-2H3,(H,24,26). The highest BCUT2D eigenvalue weighted by atomic mass is 32.1. The van der Waals surface area contributed by atoms with Gasteiger partial charge >= 0.3 is 0 Å². The van der Waals surface area contributed by atoms with Gasteiger partial charge in [-0.3, -0.25) is 4.79 Å². The van der Waals surface area contributed by atoms with Crippen molar-refractivity contribution in [3.05, 3.63) is 77.9 Å². The first-order valence-electron chi connectivity index (χ1n) is 9.05. The number of aryl methyl sites for hydroxylation is 1. The van der Waals surface area contributed by atoms with Crippen LogP contribution in [0.25, 0.3) is 20.8 Å². The van der Waals surface area contributed by atoms with Gasteiger partial charge in [0.15, 0.2) is 6.61 Å². The number of ether oxygens (including phenoxy) is 1. The zero-order chi connectivity index (χ0) is 19.5. The van der Waals surface area contributed by atoms with E-state index in [9.17, 15) is 4.79 Å². The molecule has 1 N–H and O–H groups in total. The maximum atomic E-state index is 12.3. The molecular formula is C23H20N2O2S. The number of nitrogens with one attached hydrogen (secondary N) is 1. The van der Waals surface area contributed by atoms with Gasteiger partial charge in [0.1, 0.15) is 10.8 Å². The topological polar surface area (TPSA) is 51.2 Å². The number of carbonyl (C=O) groups excluding carboxylic acids is 1. The number of amides is 1. The Morgan fingerprint density at radius 2 is 1.79 bits per heavy atom. The predicted molar refractivity (Wildman–Crippen MR) is 115 cm³/mol. The number of benzene rings is 3. The summed E-state index contributed by atoms with van der Waals surface area (Å²) in [7, 11) is 0. The molecule has 0 saturated carbocycles. The van der Waals surface area contributed by atoms with Crippen LogP contribution in [-0.2, 0) is 4.79 Å². The lowest BCUT2D eigenvalue weighted by atomic mass is 10.1. The number of para-hydroxylation sites is 1. The second kappa shape index (κ2) is 7.82. The van der Waals surface area contributed by atoms with E-state index in [1.165, 1.54) is 0 Å². The normalized spacial score (nSPS) is 10.8. The van der Waals surface area contributed by atoms with Gasteiger partial charge in [0.25, 0.3) is 5.91 Å². The van der Waals surface area contributed by atoms with Gasteiger partial charge in [-0.25, -0.2) is 4.98 Å². The third-order valence-corrected chi connectivity index (χ3v) is 5.59. The highest BCUT2D eigenvalue weighted by Crippen LogP contribution is 2.34. The van der Waals surface area contributed by atoms with E-state index in [1.54, 1.807) is 11.3 Å². The average Bonchev–Trinajstić information content (AvgIpc) is 3.13. The number of thiazole rings is 1. The fraction of sp³-hybridized carbons (Fsp3) is 0.130. The Hall–Kier alpha value is -3.18. The Kier molecular flexibility index (Phi) is 5.08. The van der Waals surface area contributed by atoms with Crippen LogP contribution in [-0.4, -0.2) is 17.5 Å². The smallest absolute Gasteiger partial charge is 0.262 e. The van der Waals surface area contributed by atoms with Crippen LogP contribution in [0.1, 0.15) is 11.1 Å². The first kappa shape index (κ1) is 18.2. The number of hydrogen-bond donors (Lipinski definition) is 1. The van der Waals surface area contributed by atoms with Crippen LogP contribution >= 0.6 is 11.3 Å². The summed E-state index contributed by atoms with van der Waals surface area (Å²) in [5.41, 5.74) is 4.93. The Labute approximate surface area is 167 Å². The van der Waals surface area contributed by atoms with E-state index in [-0.39, 0.29) is 12.5 Å². The molecule has 0 unspecified atom stereocenters. The maximum absolute atomic E-state index is 12.3. The summed E-state index contributed by atoms with van der Waals surface area (Å²) >= 11 is 1.65. The van der Waals surface area contributed by atoms with Crippen molar-refractivity contribution < 1.29 is 9.53 Å². The molecule has 0 aliphatic rings. The zero-order valence-electron chi connectivity index (χ0n) is 15.7. The van der Waals surface area contributed by atoms with E-state index in [2.05, 4.69) is 11.4 Å². The van der Waals surface area contributed by atoms with E-state index in [0.717, 1.165) is 37.6 Å². The van der Waals surface area contributed by atoms with Crippen molar-refractivity contribution in [1.29, 1.82) is 0 Å². The van der Waals surface area contributed by atoms with Crippen molar-refractivity contribution in [3.8, 4) is 16.3 Å². The monoisotopic (exact) mass is 388 g/mol. The van der Waals surface area contributed by atoms with Crippen LogP contribution in [0.15, 0.2) is 66.7 Å². The van der Waals surface area contributed by atoms with Gasteiger partial charge in [-0.05, 0) is 49.7 Å². The molecule has 0 radical (unpaired) electrons. The summed E-state index contributed by atoms with van der Waals surface area (Å²) in [6, 6.07) is 21.6. The maximum Gasteiger partial charge on any atom is 0.262 e. The molecule has 3 aromatic carbocycles. The molecule has 4 rings (SSSR count). The molecule has 0 aliphatic heterocycles. The summed E-state index contributed by atoms with van der Waals surface area (Å²) in [6.07, 6.45) is 0. The second-order valence-corrected chi connectivity index (χ2v) is 7.65. The lowest BCUT2D eigenvalue weighted by molar-refractivity contribution is -0.118. The first-order chi connectivity index (χ1) is 13.6. The summed E-state index contributed by atoms with van der Waals surface area (Å²) in [5.74, 6) is 0.492. The van der Waals surface area contributed by atoms with Gasteiger partial charge in [0.05, 0.1) is 10.2 Å². The predicted octanol–water partition coefficient (Wildman–Crippen LogP) is 5.60. The number of rotatable bonds is 5. The van der Waals surface area contributed by atoms with Crippen molar-refractivity contribution in [2.75, 3.05) is 11.9 Å². The van der Waals surface area contributed by atoms with Crippen molar-refractivity contribution in [1.82, 2.24) is 4.98 Å². The minimum atomic E-state index is -0.190. The molecule has 0 bridgehead atoms. The molecule has 1 aromatic heterocycles. The van der Waals surface area contributed by atoms with Gasteiger partial charge in [0, 0.05) is 11.3 Å². The lowest BCUT2D eigenvalue weighted by Crippen LogP contribution is -2.20. The quantitative estimate of drug-likeness (QED) is 0.484. The average molecular weight is 388 g/mol. The van der Waals surface area contributed by atoms with E-state index < -0.39 is 0 Å². The van der Waals surface area contributed by atoms with Gasteiger partial charge in [0.2, 0.25) is 0 Å². The van der Waals surface area contributed by atoms with E-state index in [1.807, 2.05) is 74.5 Å². The molecule has 4 nitrogen and oxygen atoms in total. The SMILES string of the molecule is Cc1ccc(OCC(=O)Nc2cccc(-c3nc4ccccc4s3)c2C)cc1. The minimum Gasteiger partial charge on any atom is -0.484 e. The van der Waals surface area contributed by atoms with E-state index in [0.29, 0.717) is 5.75 Å². The highest BCUT2D eigenvalue weighted by molar-refractivity contribution is 7.21. The Bertz CT molecular complexity index is 1100. The third kappa shape index (κ3) is 3.89. The number of nitrogens with zero attached hydrogens (tertiary/aromatic N) is 1. The largest absolute Gasteiger partial charge is 0.484 e. The van der Waals surface area contributed by atoms with Gasteiger partial charge in [-0.15, -0.1) is 11.3 Å². The van der Waals surface area contributed by atoms with Gasteiger partial charge in [-0.1, -0.05) is 42.0 Å². The molecule has 4 aromatic rings. The van der Waals surface area contributed by atoms with Crippen LogP contribution in [0.4, 0.5) is 5.69 Å². The minimum absolute atomic E-state index is 0.0339. The molecule has 0 spiro atoms. The fourth-order valence-corrected chi connectivity index (χ4v) is 4.01. The Morgan fingerprint density at radius 3 is 2.57 bits per heavy atom. The van der Waals surface area contributed by atoms with Crippen LogP contribution in [0.2, 0.25) is 0 Å². The Balaban J connectivity index is 1.50. The summed E-state index contributed by atoms with van der Waals surface area (Å²) in [4.78, 5) is 17.1. The molecule has 0 atom stereocenters. The van der Waals surface area contributed by atoms with Crippen molar-refractivity contribution in [2.24, 2.45) is 0 Å². The molecular weight excluding hydrogens is 368 g/mol. The van der Waals surface area contributed by atoms with Gasteiger partial charge in [-0.2, -0.15) is 0 Å². The number of fused-ring (bicyclic) bond motifs is 1. The highest BCUT2D eigenvalue weighted by Gasteiger charge is 2.13. The first-order valence-corrected chi connectivity index (χ1v) is 9.87. The number of carbonyl (C=O) groups is 1. The molecule has 0 saturated heterocycles. The molecule has 0 fully saturated rings. The second-order valence-electron chi connectivity index (χ2n) is 6.61. The number of aromatic nitrogens is 1. The lowest BCUT2D eigenvalue weighted by Gasteiger charge is -2.12. The van der Waals surface area contributed by atoms with Crippen LogP contribution < -0.4 is 10.1 Å². The van der Waals surface area contributed by atoms with E-state index >= 15 is 0 Å². The van der Waals surface area contributed by atoms with Crippen molar-refractivity contribution >= 4 is 33.1 Å². The summed E-state index contributed by atoms with van der Waals surface area (Å²) < 4.78 is 6.72. The van der Waals surface area contributed by atoms with Crippen molar-refractivity contribution in [3.63, 3.8) is 0 Å². The summed E-state index contributed by atoms with van der Waals surface area (Å²) in [5, 5.41) is 3.90. The van der Waals surface area contributed by atoms with Crippen molar-refractivity contribution in [2.45, 2.75) is 13.8 Å². The molecule has 0 aliphatic carbocycles. The molecule has 1 amide bonds. The van der Waals surface area contributed by atoms with Crippen LogP contribution in [0.5, 0.6) is 5.75 Å². The van der Waals surface area contributed by atoms with Gasteiger partial charge < -0.3 is 10.1 Å². The molecule has 5 heteroatoms. The van der Waals surface area contributed by atoms with Crippen LogP contribution in [0.3, 0.4) is 0 Å². The number of hydrogen-bond acceptors (Lipinski definition) is 4. The molecule has 140 valence electrons. The Morgan fingerprint density at radius 1 is 1.00 bits per heavy atom. The summed E-state index contributed by atoms with van der Waals surface area (Å²) in [6.45, 7) is 3.98.